The second-order valence-electron chi connectivity index (χ2n) is 14.5. The highest BCUT2D eigenvalue weighted by atomic mass is 19.1. The summed E-state index contributed by atoms with van der Waals surface area (Å²) in [5.41, 5.74) is 5.92. The number of benzene rings is 2. The summed E-state index contributed by atoms with van der Waals surface area (Å²) in [6.45, 7) is 22.2. The molecule has 1 unspecified atom stereocenters. The van der Waals surface area contributed by atoms with Crippen LogP contribution in [0.3, 0.4) is 0 Å². The number of fused-ring (bicyclic) bond motifs is 1. The van der Waals surface area contributed by atoms with E-state index in [9.17, 15) is 9.18 Å². The molecule has 4 nitrogen and oxygen atoms in total. The number of nitrogens with one attached hydrogen (secondary N) is 2. The van der Waals surface area contributed by atoms with E-state index in [0.29, 0.717) is 12.5 Å². The first-order valence-electron chi connectivity index (χ1n) is 17.5. The summed E-state index contributed by atoms with van der Waals surface area (Å²) in [4.78, 5) is 16.0. The molecule has 0 radical (unpaired) electrons. The summed E-state index contributed by atoms with van der Waals surface area (Å²) in [6, 6.07) is 15.9. The third kappa shape index (κ3) is 7.68. The number of carbonyl (C=O) groups excluding carboxylic acids is 1. The molecule has 0 bridgehead atoms. The molecule has 1 aromatic heterocycles. The summed E-state index contributed by atoms with van der Waals surface area (Å²) >= 11 is 0. The van der Waals surface area contributed by atoms with Gasteiger partial charge in [-0.3, -0.25) is 4.79 Å². The van der Waals surface area contributed by atoms with Crippen molar-refractivity contribution in [2.75, 3.05) is 20.1 Å². The van der Waals surface area contributed by atoms with Crippen molar-refractivity contribution in [1.82, 2.24) is 15.2 Å². The van der Waals surface area contributed by atoms with E-state index in [-0.39, 0.29) is 28.5 Å². The van der Waals surface area contributed by atoms with Gasteiger partial charge >= 0.3 is 0 Å². The first kappa shape index (κ1) is 35.7. The molecule has 250 valence electrons. The predicted molar refractivity (Wildman–Crippen MR) is 193 cm³/mol. The average Bonchev–Trinajstić information content (AvgIpc) is 3.53. The molecular weight excluding hydrogens is 569 g/mol. The number of likely N-dealkylation sites (N-methyl/N-ethyl adjacent to an activating group) is 1. The highest BCUT2D eigenvalue weighted by Crippen LogP contribution is 2.61. The molecule has 1 saturated heterocycles. The first-order chi connectivity index (χ1) is 21.9. The van der Waals surface area contributed by atoms with Crippen LogP contribution >= 0.6 is 0 Å². The number of carbonyl (C=O) groups is 1. The van der Waals surface area contributed by atoms with Crippen molar-refractivity contribution in [2.45, 2.75) is 104 Å². The van der Waals surface area contributed by atoms with E-state index in [1.54, 1.807) is 26.1 Å². The van der Waals surface area contributed by atoms with E-state index in [0.717, 1.165) is 49.0 Å². The fraction of sp³-hybridized carbons (Fsp3) is 0.537. The molecule has 2 N–H and O–H groups in total. The fourth-order valence-electron chi connectivity index (χ4n) is 8.59. The Morgan fingerprint density at radius 3 is 2.41 bits per heavy atom. The lowest BCUT2D eigenvalue weighted by Gasteiger charge is -2.50. The van der Waals surface area contributed by atoms with Crippen molar-refractivity contribution in [3.05, 3.63) is 96.1 Å². The minimum atomic E-state index is -0.196. The number of hydrogen-bond donors (Lipinski definition) is 2. The second-order valence-corrected chi connectivity index (χ2v) is 14.5. The van der Waals surface area contributed by atoms with Crippen LogP contribution in [0.25, 0.3) is 10.9 Å². The van der Waals surface area contributed by atoms with Crippen molar-refractivity contribution in [1.29, 1.82) is 0 Å². The van der Waals surface area contributed by atoms with Crippen molar-refractivity contribution in [2.24, 2.45) is 17.3 Å². The number of ketones is 1. The van der Waals surface area contributed by atoms with Crippen LogP contribution in [0, 0.1) is 23.1 Å². The monoisotopic (exact) mass is 627 g/mol. The van der Waals surface area contributed by atoms with Crippen molar-refractivity contribution in [3.8, 4) is 0 Å². The zero-order valence-electron chi connectivity index (χ0n) is 29.4. The Labute approximate surface area is 277 Å². The van der Waals surface area contributed by atoms with Crippen LogP contribution in [0.4, 0.5) is 4.39 Å². The molecule has 0 spiro atoms. The SMILES string of the molecule is C=C(C[C@]1(C)[C@@H](c2c[nH]c3cc(F)ccc23)CN(C(=C)Cc2ccccc2)[C@]1(C)CCC)C(C)C1CCCCC1.CNCC(C)=O. The number of allylic oxidation sites excluding steroid dienone is 2. The number of H-pyrrole nitrogens is 1. The van der Waals surface area contributed by atoms with Gasteiger partial charge in [-0.2, -0.15) is 0 Å². The molecule has 1 aliphatic carbocycles. The number of hydrogen-bond acceptors (Lipinski definition) is 3. The molecule has 2 aromatic carbocycles. The van der Waals surface area contributed by atoms with Gasteiger partial charge in [-0.15, -0.1) is 0 Å². The third-order valence-corrected chi connectivity index (χ3v) is 11.4. The predicted octanol–water partition coefficient (Wildman–Crippen LogP) is 9.99. The lowest BCUT2D eigenvalue weighted by atomic mass is 9.59. The summed E-state index contributed by atoms with van der Waals surface area (Å²) in [5.74, 6) is 1.53. The minimum Gasteiger partial charge on any atom is -0.368 e. The molecule has 46 heavy (non-hydrogen) atoms. The number of nitrogens with zero attached hydrogens (tertiary/aromatic N) is 1. The van der Waals surface area contributed by atoms with Crippen LogP contribution in [-0.4, -0.2) is 41.3 Å². The Bertz CT molecular complexity index is 1470. The average molecular weight is 628 g/mol. The lowest BCUT2D eigenvalue weighted by Crippen LogP contribution is -2.51. The van der Waals surface area contributed by atoms with Gasteiger partial charge in [0.05, 0.1) is 6.54 Å². The molecule has 5 rings (SSSR count). The summed E-state index contributed by atoms with van der Waals surface area (Å²) in [5, 5.41) is 3.85. The Kier molecular flexibility index (Phi) is 12.1. The van der Waals surface area contributed by atoms with Gasteiger partial charge in [0.2, 0.25) is 0 Å². The van der Waals surface area contributed by atoms with Gasteiger partial charge in [0.1, 0.15) is 11.6 Å². The number of Topliss-reactive ketones (excluding diaryl/α,β-unsaturated/α-hetero) is 1. The van der Waals surface area contributed by atoms with Crippen LogP contribution in [0.5, 0.6) is 0 Å². The van der Waals surface area contributed by atoms with Crippen LogP contribution in [-0.2, 0) is 11.2 Å². The van der Waals surface area contributed by atoms with E-state index >= 15 is 0 Å². The van der Waals surface area contributed by atoms with E-state index in [2.05, 4.69) is 79.4 Å². The van der Waals surface area contributed by atoms with E-state index in [4.69, 9.17) is 13.2 Å². The van der Waals surface area contributed by atoms with E-state index < -0.39 is 0 Å². The zero-order valence-corrected chi connectivity index (χ0v) is 29.4. The van der Waals surface area contributed by atoms with Gasteiger partial charge in [0.15, 0.2) is 0 Å². The topological polar surface area (TPSA) is 48.1 Å². The standard InChI is InChI=1S/C37H49FN2.C4H9NO/c1-7-20-37(6)36(5,23-26(2)28(4)30-16-12-9-13-17-30)34(33-24-39-35-22-31(38)18-19-32(33)35)25-40(37)27(3)21-29-14-10-8-11-15-29;1-4(6)3-5-2/h8,10-11,14-15,18-19,22,24,28,30,34,39H,2-3,7,9,12-13,16-17,20-21,23,25H2,1,4-6H3;5H,3H2,1-2H3/t28?,34-,36-,37-;/m1./s1. The number of halogens is 1. The van der Waals surface area contributed by atoms with Gasteiger partial charge in [-0.25, -0.2) is 4.39 Å². The molecule has 1 saturated carbocycles. The minimum absolute atomic E-state index is 0.0633. The van der Waals surface area contributed by atoms with Gasteiger partial charge in [0, 0.05) is 52.6 Å². The van der Waals surface area contributed by atoms with Crippen LogP contribution in [0.2, 0.25) is 0 Å². The fourth-order valence-corrected chi connectivity index (χ4v) is 8.59. The van der Waals surface area contributed by atoms with E-state index in [1.807, 2.05) is 6.07 Å². The second kappa shape index (κ2) is 15.6. The van der Waals surface area contributed by atoms with Gasteiger partial charge in [-0.05, 0) is 87.7 Å². The summed E-state index contributed by atoms with van der Waals surface area (Å²) in [7, 11) is 1.75. The molecule has 2 aliphatic rings. The molecule has 4 atom stereocenters. The molecule has 3 aromatic rings. The van der Waals surface area contributed by atoms with Crippen LogP contribution < -0.4 is 5.32 Å². The van der Waals surface area contributed by atoms with Crippen molar-refractivity contribution >= 4 is 16.7 Å². The highest BCUT2D eigenvalue weighted by molar-refractivity contribution is 5.84. The van der Waals surface area contributed by atoms with Crippen molar-refractivity contribution < 1.29 is 9.18 Å². The molecule has 1 aliphatic heterocycles. The molecule has 2 heterocycles. The summed E-state index contributed by atoms with van der Waals surface area (Å²) in [6.07, 6.45) is 13.0. The molecular formula is C41H58FN3O. The smallest absolute Gasteiger partial charge is 0.143 e. The number of aromatic nitrogens is 1. The Hall–Kier alpha value is -3.18. The third-order valence-electron chi connectivity index (χ3n) is 11.4. The highest BCUT2D eigenvalue weighted by Gasteiger charge is 2.59. The molecule has 0 amide bonds. The van der Waals surface area contributed by atoms with Crippen LogP contribution in [0.1, 0.15) is 103 Å². The van der Waals surface area contributed by atoms with E-state index in [1.165, 1.54) is 54.5 Å². The normalized spacial score (nSPS) is 24.0. The Balaban J connectivity index is 0.000000731. The molecule has 2 fully saturated rings. The summed E-state index contributed by atoms with van der Waals surface area (Å²) < 4.78 is 14.2. The Morgan fingerprint density at radius 2 is 1.80 bits per heavy atom. The Morgan fingerprint density at radius 1 is 1.11 bits per heavy atom. The number of likely N-dealkylation sites (tertiary alicyclic amines) is 1. The zero-order chi connectivity index (χ0) is 33.5. The quantitative estimate of drug-likeness (QED) is 0.197. The van der Waals surface area contributed by atoms with Gasteiger partial charge < -0.3 is 15.2 Å². The number of aromatic amines is 1. The maximum Gasteiger partial charge on any atom is 0.143 e. The molecule has 5 heteroatoms. The van der Waals surface area contributed by atoms with Crippen molar-refractivity contribution in [3.63, 3.8) is 0 Å². The van der Waals surface area contributed by atoms with Gasteiger partial charge in [-0.1, -0.05) is 95.5 Å². The maximum atomic E-state index is 14.2. The first-order valence-corrected chi connectivity index (χ1v) is 17.5. The van der Waals surface area contributed by atoms with Crippen LogP contribution in [0.15, 0.2) is 79.2 Å². The number of rotatable bonds is 12. The lowest BCUT2D eigenvalue weighted by molar-refractivity contribution is -0.116. The largest absolute Gasteiger partial charge is 0.368 e. The van der Waals surface area contributed by atoms with Gasteiger partial charge in [0.25, 0.3) is 0 Å². The maximum absolute atomic E-state index is 14.2.